The summed E-state index contributed by atoms with van der Waals surface area (Å²) in [4.78, 5) is 23.8. The van der Waals surface area contributed by atoms with Crippen LogP contribution in [0.2, 0.25) is 5.02 Å². The average molecular weight is 527 g/mol. The van der Waals surface area contributed by atoms with Crippen molar-refractivity contribution in [1.29, 1.82) is 0 Å². The van der Waals surface area contributed by atoms with E-state index in [0.29, 0.717) is 47.6 Å². The molecular weight excluding hydrogens is 501 g/mol. The first-order chi connectivity index (χ1) is 17.2. The first kappa shape index (κ1) is 27.4. The number of hydrogen-bond donors (Lipinski definition) is 0. The van der Waals surface area contributed by atoms with Gasteiger partial charge in [-0.1, -0.05) is 49.2 Å². The van der Waals surface area contributed by atoms with Crippen molar-refractivity contribution in [3.8, 4) is 11.5 Å². The molecule has 0 unspecified atom stereocenters. The van der Waals surface area contributed by atoms with E-state index in [-0.39, 0.29) is 30.6 Å². The fourth-order valence-corrected chi connectivity index (χ4v) is 3.97. The molecule has 36 heavy (non-hydrogen) atoms. The SMILES string of the molecule is CCCc1cccc2c(C(F)(F)F)c(OCCCCOc3ccc(CC(=O)OC)cc3Cl)c(=O)oc12. The maximum absolute atomic E-state index is 13.9. The molecule has 0 radical (unpaired) electrons. The van der Waals surface area contributed by atoms with Gasteiger partial charge in [0.1, 0.15) is 16.9 Å². The molecule has 6 nitrogen and oxygen atoms in total. The number of carbonyl (C=O) groups is 1. The molecule has 2 aromatic carbocycles. The first-order valence-corrected chi connectivity index (χ1v) is 11.8. The highest BCUT2D eigenvalue weighted by Gasteiger charge is 2.39. The number of halogens is 4. The molecule has 0 aliphatic rings. The van der Waals surface area contributed by atoms with Crippen LogP contribution < -0.4 is 15.1 Å². The lowest BCUT2D eigenvalue weighted by Crippen LogP contribution is -2.18. The number of hydrogen-bond acceptors (Lipinski definition) is 6. The monoisotopic (exact) mass is 526 g/mol. The molecule has 3 rings (SSSR count). The largest absolute Gasteiger partial charge is 0.492 e. The normalized spacial score (nSPS) is 11.5. The summed E-state index contributed by atoms with van der Waals surface area (Å²) < 4.78 is 62.6. The predicted octanol–water partition coefficient (Wildman–Crippen LogP) is 6.37. The fraction of sp³-hybridized carbons (Fsp3) is 0.385. The summed E-state index contributed by atoms with van der Waals surface area (Å²) in [5, 5.41) is 0.121. The second kappa shape index (κ2) is 12.2. The van der Waals surface area contributed by atoms with Crippen molar-refractivity contribution < 1.29 is 36.6 Å². The molecule has 0 fully saturated rings. The summed E-state index contributed by atoms with van der Waals surface area (Å²) >= 11 is 6.18. The molecule has 3 aromatic rings. The minimum absolute atomic E-state index is 0.0630. The number of carbonyl (C=O) groups excluding carboxylic acids is 1. The van der Waals surface area contributed by atoms with Gasteiger partial charge < -0.3 is 18.6 Å². The molecule has 0 bridgehead atoms. The average Bonchev–Trinajstić information content (AvgIpc) is 2.82. The molecule has 194 valence electrons. The van der Waals surface area contributed by atoms with Gasteiger partial charge in [0.25, 0.3) is 0 Å². The van der Waals surface area contributed by atoms with Gasteiger partial charge in [-0.2, -0.15) is 13.2 Å². The molecule has 10 heteroatoms. The minimum Gasteiger partial charge on any atom is -0.492 e. The van der Waals surface area contributed by atoms with Gasteiger partial charge in [-0.05, 0) is 42.5 Å². The number of methoxy groups -OCH3 is 1. The number of para-hydroxylation sites is 1. The lowest BCUT2D eigenvalue weighted by molar-refractivity contribution is -0.140. The van der Waals surface area contributed by atoms with Crippen molar-refractivity contribution in [1.82, 2.24) is 0 Å². The fourth-order valence-electron chi connectivity index (χ4n) is 3.72. The Labute approximate surface area is 210 Å². The van der Waals surface area contributed by atoms with Gasteiger partial charge in [0.15, 0.2) is 0 Å². The van der Waals surface area contributed by atoms with Gasteiger partial charge in [0.05, 0.1) is 31.8 Å². The summed E-state index contributed by atoms with van der Waals surface area (Å²) in [6, 6.07) is 9.34. The number of ether oxygens (including phenoxy) is 3. The first-order valence-electron chi connectivity index (χ1n) is 11.4. The second-order valence-corrected chi connectivity index (χ2v) is 8.46. The highest BCUT2D eigenvalue weighted by Crippen LogP contribution is 2.40. The highest BCUT2D eigenvalue weighted by molar-refractivity contribution is 6.32. The topological polar surface area (TPSA) is 75.0 Å². The van der Waals surface area contributed by atoms with Gasteiger partial charge in [-0.15, -0.1) is 0 Å². The van der Waals surface area contributed by atoms with Crippen LogP contribution in [0.1, 0.15) is 42.9 Å². The third-order valence-corrected chi connectivity index (χ3v) is 5.69. The number of benzene rings is 2. The van der Waals surface area contributed by atoms with Crippen LogP contribution in [0.3, 0.4) is 0 Å². The van der Waals surface area contributed by atoms with Gasteiger partial charge in [0, 0.05) is 5.39 Å². The van der Waals surface area contributed by atoms with E-state index in [1.165, 1.54) is 19.2 Å². The Bertz CT molecular complexity index is 1270. The lowest BCUT2D eigenvalue weighted by atomic mass is 10.0. The van der Waals surface area contributed by atoms with Gasteiger partial charge in [-0.25, -0.2) is 4.79 Å². The summed E-state index contributed by atoms with van der Waals surface area (Å²) in [5.41, 5.74) is -1.13. The van der Waals surface area contributed by atoms with E-state index < -0.39 is 29.1 Å². The molecule has 1 heterocycles. The zero-order valence-corrected chi connectivity index (χ0v) is 20.6. The van der Waals surface area contributed by atoms with E-state index in [4.69, 9.17) is 25.5 Å². The van der Waals surface area contributed by atoms with Gasteiger partial charge in [0.2, 0.25) is 5.75 Å². The number of rotatable bonds is 11. The number of aryl methyl sites for hydroxylation is 1. The molecule has 0 N–H and O–H groups in total. The molecule has 0 aliphatic carbocycles. The third-order valence-electron chi connectivity index (χ3n) is 5.39. The summed E-state index contributed by atoms with van der Waals surface area (Å²) in [7, 11) is 1.30. The smallest absolute Gasteiger partial charge is 0.420 e. The molecule has 0 aliphatic heterocycles. The zero-order chi connectivity index (χ0) is 26.3. The van der Waals surface area contributed by atoms with Crippen LogP contribution in [0.5, 0.6) is 11.5 Å². The van der Waals surface area contributed by atoms with Crippen LogP contribution in [-0.2, 0) is 28.5 Å². The number of esters is 1. The van der Waals surface area contributed by atoms with Gasteiger partial charge in [-0.3, -0.25) is 4.79 Å². The molecule has 1 aromatic heterocycles. The molecule has 0 atom stereocenters. The van der Waals surface area contributed by atoms with Crippen LogP contribution in [0, 0.1) is 0 Å². The lowest BCUT2D eigenvalue weighted by Gasteiger charge is -2.16. The quantitative estimate of drug-likeness (QED) is 0.164. The molecule has 0 spiro atoms. The Morgan fingerprint density at radius 1 is 1.08 bits per heavy atom. The molecule has 0 amide bonds. The van der Waals surface area contributed by atoms with Crippen LogP contribution in [-0.4, -0.2) is 26.3 Å². The van der Waals surface area contributed by atoms with Crippen LogP contribution in [0.15, 0.2) is 45.6 Å². The van der Waals surface area contributed by atoms with Crippen LogP contribution >= 0.6 is 11.6 Å². The Morgan fingerprint density at radius 2 is 1.81 bits per heavy atom. The van der Waals surface area contributed by atoms with Crippen LogP contribution in [0.4, 0.5) is 13.2 Å². The van der Waals surface area contributed by atoms with Crippen molar-refractivity contribution in [2.45, 2.75) is 45.2 Å². The van der Waals surface area contributed by atoms with Crippen molar-refractivity contribution in [2.24, 2.45) is 0 Å². The van der Waals surface area contributed by atoms with Gasteiger partial charge >= 0.3 is 17.8 Å². The zero-order valence-electron chi connectivity index (χ0n) is 19.9. The van der Waals surface area contributed by atoms with E-state index in [1.807, 2.05) is 6.92 Å². The van der Waals surface area contributed by atoms with E-state index in [9.17, 15) is 22.8 Å². The molecule has 0 saturated carbocycles. The summed E-state index contributed by atoms with van der Waals surface area (Å²) in [6.45, 7) is 1.97. The Balaban J connectivity index is 1.63. The number of alkyl halides is 3. The standard InChI is InChI=1S/C26H26ClF3O6/c1-3-7-17-8-6-9-18-22(26(28,29)30)24(25(32)36-23(17)18)35-13-5-4-12-34-20-11-10-16(14-19(20)27)15-21(31)33-2/h6,8-11,14H,3-5,7,12-13,15H2,1-2H3. The van der Waals surface area contributed by atoms with E-state index in [0.717, 1.165) is 0 Å². The Morgan fingerprint density at radius 3 is 2.44 bits per heavy atom. The molecular formula is C26H26ClF3O6. The molecule has 0 saturated heterocycles. The number of unbranched alkanes of at least 4 members (excludes halogenated alkanes) is 1. The van der Waals surface area contributed by atoms with E-state index in [1.54, 1.807) is 24.3 Å². The summed E-state index contributed by atoms with van der Waals surface area (Å²) in [5.74, 6) is -0.826. The highest BCUT2D eigenvalue weighted by atomic mass is 35.5. The van der Waals surface area contributed by atoms with E-state index in [2.05, 4.69) is 4.74 Å². The van der Waals surface area contributed by atoms with Crippen LogP contribution in [0.25, 0.3) is 11.0 Å². The van der Waals surface area contributed by atoms with Crippen molar-refractivity contribution >= 4 is 28.5 Å². The van der Waals surface area contributed by atoms with Crippen molar-refractivity contribution in [3.63, 3.8) is 0 Å². The Kier molecular flexibility index (Phi) is 9.25. The van der Waals surface area contributed by atoms with Crippen molar-refractivity contribution in [3.05, 3.63) is 68.5 Å². The van der Waals surface area contributed by atoms with Crippen molar-refractivity contribution in [2.75, 3.05) is 20.3 Å². The van der Waals surface area contributed by atoms with E-state index >= 15 is 0 Å². The maximum atomic E-state index is 13.9. The number of fused-ring (bicyclic) bond motifs is 1. The Hall–Kier alpha value is -3.20. The maximum Gasteiger partial charge on any atom is 0.420 e. The minimum atomic E-state index is -4.80. The third kappa shape index (κ3) is 6.72. The predicted molar refractivity (Wildman–Crippen MR) is 129 cm³/mol. The second-order valence-electron chi connectivity index (χ2n) is 8.06. The summed E-state index contributed by atoms with van der Waals surface area (Å²) in [6.07, 6.45) is -2.79.